The van der Waals surface area contributed by atoms with E-state index in [9.17, 15) is 18.3 Å². The summed E-state index contributed by atoms with van der Waals surface area (Å²) in [6, 6.07) is -0.195. The summed E-state index contributed by atoms with van der Waals surface area (Å²) in [6.45, 7) is 0. The summed E-state index contributed by atoms with van der Waals surface area (Å²) in [4.78, 5) is 0. The van der Waals surface area contributed by atoms with Crippen LogP contribution in [0.5, 0.6) is 5.75 Å². The fourth-order valence-electron chi connectivity index (χ4n) is 0.976. The maximum absolute atomic E-state index is 12.7. The number of aromatic hydroxyl groups is 1. The Kier molecular flexibility index (Phi) is 5.20. The molecule has 0 fully saturated rings. The van der Waals surface area contributed by atoms with E-state index < -0.39 is 29.6 Å². The molecule has 1 aromatic carbocycles. The molecular weight excluding hydrogens is 254 g/mol. The molecule has 0 aliphatic heterocycles. The molecule has 2 nitrogen and oxygen atoms in total. The molecule has 1 rings (SSSR count). The summed E-state index contributed by atoms with van der Waals surface area (Å²) in [6.07, 6.45) is -2.89. The van der Waals surface area contributed by atoms with Crippen LogP contribution < -0.4 is 5.73 Å². The average molecular weight is 262 g/mol. The van der Waals surface area contributed by atoms with E-state index in [0.29, 0.717) is 0 Å². The van der Waals surface area contributed by atoms with Crippen molar-refractivity contribution in [1.29, 1.82) is 0 Å². The second-order valence-electron chi connectivity index (χ2n) is 2.69. The molecule has 1 atom stereocenters. The van der Waals surface area contributed by atoms with E-state index in [0.717, 1.165) is 12.1 Å². The Hall–Kier alpha value is -0.650. The van der Waals surface area contributed by atoms with Crippen molar-refractivity contribution in [3.63, 3.8) is 0 Å². The van der Waals surface area contributed by atoms with Crippen LogP contribution in [0.4, 0.5) is 13.2 Å². The van der Waals surface area contributed by atoms with Crippen molar-refractivity contribution in [3.05, 3.63) is 28.5 Å². The van der Waals surface area contributed by atoms with E-state index in [4.69, 9.17) is 17.3 Å². The minimum Gasteiger partial charge on any atom is -0.506 e. The highest BCUT2D eigenvalue weighted by molar-refractivity contribution is 6.32. The maximum Gasteiger partial charge on any atom is 0.257 e. The lowest BCUT2D eigenvalue weighted by molar-refractivity contribution is 0.115. The lowest BCUT2D eigenvalue weighted by Gasteiger charge is -2.13. The van der Waals surface area contributed by atoms with Crippen LogP contribution in [0.3, 0.4) is 0 Å². The zero-order chi connectivity index (χ0) is 10.9. The molecule has 0 aromatic heterocycles. The number of benzene rings is 1. The Labute approximate surface area is 95.2 Å². The van der Waals surface area contributed by atoms with Gasteiger partial charge in [0.1, 0.15) is 11.6 Å². The molecule has 0 amide bonds. The Balaban J connectivity index is 0.00000196. The summed E-state index contributed by atoms with van der Waals surface area (Å²) in [5.41, 5.74) is 4.64. The van der Waals surface area contributed by atoms with Gasteiger partial charge in [-0.2, -0.15) is 0 Å². The second kappa shape index (κ2) is 5.44. The zero-order valence-corrected chi connectivity index (χ0v) is 8.83. The molecule has 0 spiro atoms. The van der Waals surface area contributed by atoms with E-state index in [1.165, 1.54) is 0 Å². The smallest absolute Gasteiger partial charge is 0.257 e. The number of alkyl halides is 2. The van der Waals surface area contributed by atoms with Crippen LogP contribution in [0.1, 0.15) is 11.6 Å². The van der Waals surface area contributed by atoms with Gasteiger partial charge in [0.15, 0.2) is 0 Å². The van der Waals surface area contributed by atoms with Crippen LogP contribution in [-0.2, 0) is 0 Å². The van der Waals surface area contributed by atoms with Gasteiger partial charge < -0.3 is 10.8 Å². The Morgan fingerprint density at radius 2 is 1.87 bits per heavy atom. The fourth-order valence-corrected chi connectivity index (χ4v) is 1.19. The molecule has 86 valence electrons. The number of phenolic OH excluding ortho intramolecular Hbond substituents is 1. The minimum atomic E-state index is -2.89. The van der Waals surface area contributed by atoms with Crippen molar-refractivity contribution in [3.8, 4) is 5.75 Å². The number of nitrogens with two attached hydrogens (primary N) is 1. The van der Waals surface area contributed by atoms with Crippen LogP contribution in [0.15, 0.2) is 12.1 Å². The van der Waals surface area contributed by atoms with Crippen molar-refractivity contribution < 1.29 is 18.3 Å². The molecule has 0 saturated carbocycles. The van der Waals surface area contributed by atoms with Crippen molar-refractivity contribution >= 4 is 24.0 Å². The van der Waals surface area contributed by atoms with Crippen LogP contribution in [0.25, 0.3) is 0 Å². The predicted octanol–water partition coefficient (Wildman–Crippen LogP) is 2.87. The van der Waals surface area contributed by atoms with Gasteiger partial charge in [-0.15, -0.1) is 12.4 Å². The molecule has 0 aliphatic carbocycles. The van der Waals surface area contributed by atoms with Crippen molar-refractivity contribution in [2.45, 2.75) is 12.5 Å². The van der Waals surface area contributed by atoms with Gasteiger partial charge in [0.25, 0.3) is 6.43 Å². The molecule has 0 heterocycles. The molecule has 15 heavy (non-hydrogen) atoms. The van der Waals surface area contributed by atoms with Crippen LogP contribution in [0, 0.1) is 5.82 Å². The van der Waals surface area contributed by atoms with Crippen LogP contribution in [0.2, 0.25) is 5.02 Å². The van der Waals surface area contributed by atoms with Gasteiger partial charge in [-0.25, -0.2) is 13.2 Å². The first kappa shape index (κ1) is 14.3. The maximum atomic E-state index is 12.7. The van der Waals surface area contributed by atoms with E-state index in [-0.39, 0.29) is 17.4 Å². The minimum absolute atomic E-state index is 0. The van der Waals surface area contributed by atoms with Crippen molar-refractivity contribution in [2.24, 2.45) is 5.73 Å². The first-order chi connectivity index (χ1) is 6.43. The quantitative estimate of drug-likeness (QED) is 0.860. The molecule has 0 aliphatic rings. The van der Waals surface area contributed by atoms with E-state index in [2.05, 4.69) is 0 Å². The standard InChI is InChI=1S/C8H7ClF3NO.ClH/c9-5-2-3(10)1-4(7(5)14)6(13)8(11)12;/h1-2,6,8,14H,13H2;1H/t6-;/m1./s1. The summed E-state index contributed by atoms with van der Waals surface area (Å²) < 4.78 is 37.0. The number of phenols is 1. The van der Waals surface area contributed by atoms with Crippen LogP contribution in [-0.4, -0.2) is 11.5 Å². The summed E-state index contributed by atoms with van der Waals surface area (Å²) in [7, 11) is 0. The van der Waals surface area contributed by atoms with Crippen molar-refractivity contribution in [2.75, 3.05) is 0 Å². The lowest BCUT2D eigenvalue weighted by atomic mass is 10.1. The van der Waals surface area contributed by atoms with Gasteiger partial charge >= 0.3 is 0 Å². The monoisotopic (exact) mass is 261 g/mol. The van der Waals surface area contributed by atoms with Gasteiger partial charge in [-0.05, 0) is 12.1 Å². The molecule has 3 N–H and O–H groups in total. The van der Waals surface area contributed by atoms with Gasteiger partial charge in [0.05, 0.1) is 11.1 Å². The first-order valence-electron chi connectivity index (χ1n) is 3.65. The Morgan fingerprint density at radius 3 is 2.33 bits per heavy atom. The van der Waals surface area contributed by atoms with Gasteiger partial charge in [-0.1, -0.05) is 11.6 Å². The Bertz CT molecular complexity index is 349. The highest BCUT2D eigenvalue weighted by Crippen LogP contribution is 2.33. The number of hydrogen-bond donors (Lipinski definition) is 2. The van der Waals surface area contributed by atoms with E-state index >= 15 is 0 Å². The third-order valence-electron chi connectivity index (χ3n) is 1.69. The van der Waals surface area contributed by atoms with Crippen LogP contribution >= 0.6 is 24.0 Å². The summed E-state index contributed by atoms with van der Waals surface area (Å²) in [5.74, 6) is -1.43. The third kappa shape index (κ3) is 3.15. The molecule has 0 bridgehead atoms. The fraction of sp³-hybridized carbons (Fsp3) is 0.250. The molecule has 0 saturated heterocycles. The predicted molar refractivity (Wildman–Crippen MR) is 53.3 cm³/mol. The molecular formula is C8H8Cl2F3NO. The number of rotatable bonds is 2. The molecule has 1 aromatic rings. The van der Waals surface area contributed by atoms with Crippen molar-refractivity contribution in [1.82, 2.24) is 0 Å². The second-order valence-corrected chi connectivity index (χ2v) is 3.09. The third-order valence-corrected chi connectivity index (χ3v) is 1.98. The van der Waals surface area contributed by atoms with Gasteiger partial charge in [0, 0.05) is 5.56 Å². The zero-order valence-electron chi connectivity index (χ0n) is 7.25. The largest absolute Gasteiger partial charge is 0.506 e. The molecule has 0 radical (unpaired) electrons. The topological polar surface area (TPSA) is 46.2 Å². The van der Waals surface area contributed by atoms with Gasteiger partial charge in [0.2, 0.25) is 0 Å². The van der Waals surface area contributed by atoms with E-state index in [1.54, 1.807) is 0 Å². The highest BCUT2D eigenvalue weighted by atomic mass is 35.5. The first-order valence-corrected chi connectivity index (χ1v) is 4.03. The summed E-state index contributed by atoms with van der Waals surface area (Å²) >= 11 is 5.38. The highest BCUT2D eigenvalue weighted by Gasteiger charge is 2.22. The molecule has 0 unspecified atom stereocenters. The summed E-state index contributed by atoms with van der Waals surface area (Å²) in [5, 5.41) is 8.89. The number of hydrogen-bond acceptors (Lipinski definition) is 2. The normalized spacial score (nSPS) is 12.4. The van der Waals surface area contributed by atoms with Gasteiger partial charge in [-0.3, -0.25) is 0 Å². The lowest BCUT2D eigenvalue weighted by Crippen LogP contribution is -2.19. The SMILES string of the molecule is Cl.N[C@H](c1cc(F)cc(Cl)c1O)C(F)F. The number of halogens is 5. The average Bonchev–Trinajstić information content (AvgIpc) is 2.09. The molecule has 7 heteroatoms. The van der Waals surface area contributed by atoms with E-state index in [1.807, 2.05) is 0 Å². The Morgan fingerprint density at radius 1 is 1.33 bits per heavy atom.